The molecule has 1 saturated heterocycles. The van der Waals surface area contributed by atoms with E-state index in [4.69, 9.17) is 0 Å². The van der Waals surface area contributed by atoms with Gasteiger partial charge in [0, 0.05) is 12.0 Å². The molecule has 2 unspecified atom stereocenters. The lowest BCUT2D eigenvalue weighted by Crippen LogP contribution is -2.47. The summed E-state index contributed by atoms with van der Waals surface area (Å²) in [6, 6.07) is 11.4. The van der Waals surface area contributed by atoms with Crippen molar-refractivity contribution in [3.8, 4) is 0 Å². The molecule has 1 heterocycles. The SMILES string of the molecule is CC=CCCCCN1CCC2(c3ccccc3)CCCC2C1. The average Bonchev–Trinajstić information content (AvgIpc) is 3.00. The highest BCUT2D eigenvalue weighted by atomic mass is 15.1. The minimum Gasteiger partial charge on any atom is -0.303 e. The van der Waals surface area contributed by atoms with Crippen molar-refractivity contribution in [1.29, 1.82) is 0 Å². The Kier molecular flexibility index (Phi) is 5.36. The molecule has 0 spiro atoms. The van der Waals surface area contributed by atoms with Crippen molar-refractivity contribution in [2.75, 3.05) is 19.6 Å². The van der Waals surface area contributed by atoms with Gasteiger partial charge >= 0.3 is 0 Å². The van der Waals surface area contributed by atoms with Crippen LogP contribution in [0.25, 0.3) is 0 Å². The largest absolute Gasteiger partial charge is 0.303 e. The lowest BCUT2D eigenvalue weighted by molar-refractivity contribution is 0.110. The molecule has 0 aromatic heterocycles. The molecule has 1 nitrogen and oxygen atoms in total. The second-order valence-electron chi connectivity index (χ2n) is 7.23. The van der Waals surface area contributed by atoms with E-state index in [9.17, 15) is 0 Å². The summed E-state index contributed by atoms with van der Waals surface area (Å²) in [5, 5.41) is 0. The zero-order chi connectivity index (χ0) is 15.3. The maximum atomic E-state index is 2.74. The van der Waals surface area contributed by atoms with Crippen molar-refractivity contribution >= 4 is 0 Å². The van der Waals surface area contributed by atoms with Gasteiger partial charge in [-0.25, -0.2) is 0 Å². The number of unbranched alkanes of at least 4 members (excludes halogenated alkanes) is 2. The Morgan fingerprint density at radius 2 is 2.05 bits per heavy atom. The van der Waals surface area contributed by atoms with Gasteiger partial charge in [-0.05, 0) is 70.0 Å². The topological polar surface area (TPSA) is 3.24 Å². The third-order valence-electron chi connectivity index (χ3n) is 5.99. The number of benzene rings is 1. The first-order chi connectivity index (χ1) is 10.8. The third kappa shape index (κ3) is 3.30. The summed E-state index contributed by atoms with van der Waals surface area (Å²) >= 11 is 0. The molecule has 2 aliphatic rings. The number of likely N-dealkylation sites (tertiary alicyclic amines) is 1. The number of piperidine rings is 1. The van der Waals surface area contributed by atoms with Gasteiger partial charge in [-0.15, -0.1) is 0 Å². The molecular weight excluding hydrogens is 266 g/mol. The quantitative estimate of drug-likeness (QED) is 0.517. The van der Waals surface area contributed by atoms with Gasteiger partial charge in [-0.2, -0.15) is 0 Å². The monoisotopic (exact) mass is 297 g/mol. The molecule has 0 amide bonds. The maximum absolute atomic E-state index is 2.74. The fourth-order valence-electron chi connectivity index (χ4n) is 4.76. The summed E-state index contributed by atoms with van der Waals surface area (Å²) in [4.78, 5) is 2.74. The van der Waals surface area contributed by atoms with Crippen LogP contribution >= 0.6 is 0 Å². The standard InChI is InChI=1S/C21H31N/c1-2-3-4-5-9-16-22-17-15-21(14-10-13-20(21)18-22)19-11-7-6-8-12-19/h2-3,6-8,11-12,20H,4-5,9-10,13-18H2,1H3. The molecule has 1 saturated carbocycles. The molecule has 2 atom stereocenters. The Labute approximate surface area is 136 Å². The van der Waals surface area contributed by atoms with Gasteiger partial charge in [0.05, 0.1) is 0 Å². The van der Waals surface area contributed by atoms with E-state index in [1.165, 1.54) is 64.6 Å². The summed E-state index contributed by atoms with van der Waals surface area (Å²) < 4.78 is 0. The first-order valence-corrected chi connectivity index (χ1v) is 9.24. The van der Waals surface area contributed by atoms with Gasteiger partial charge in [-0.3, -0.25) is 0 Å². The van der Waals surface area contributed by atoms with Crippen LogP contribution in [0.5, 0.6) is 0 Å². The van der Waals surface area contributed by atoms with Crippen LogP contribution in [0, 0.1) is 5.92 Å². The predicted molar refractivity (Wildman–Crippen MR) is 95.2 cm³/mol. The molecule has 3 rings (SSSR count). The Morgan fingerprint density at radius 3 is 2.86 bits per heavy atom. The van der Waals surface area contributed by atoms with Gasteiger partial charge in [0.25, 0.3) is 0 Å². The molecule has 0 bridgehead atoms. The second-order valence-corrected chi connectivity index (χ2v) is 7.23. The lowest BCUT2D eigenvalue weighted by Gasteiger charge is -2.45. The highest BCUT2D eigenvalue weighted by Gasteiger charge is 2.46. The lowest BCUT2D eigenvalue weighted by atomic mass is 9.68. The summed E-state index contributed by atoms with van der Waals surface area (Å²) in [6.45, 7) is 6.06. The fraction of sp³-hybridized carbons (Fsp3) is 0.619. The molecule has 22 heavy (non-hydrogen) atoms. The Morgan fingerprint density at radius 1 is 1.18 bits per heavy atom. The molecule has 1 aromatic rings. The van der Waals surface area contributed by atoms with Gasteiger partial charge < -0.3 is 4.90 Å². The highest BCUT2D eigenvalue weighted by Crippen LogP contribution is 2.50. The molecule has 1 aliphatic carbocycles. The van der Waals surface area contributed by atoms with Crippen molar-refractivity contribution in [3.05, 3.63) is 48.0 Å². The molecule has 1 heteroatoms. The van der Waals surface area contributed by atoms with E-state index in [1.54, 1.807) is 5.56 Å². The van der Waals surface area contributed by atoms with Crippen molar-refractivity contribution in [1.82, 2.24) is 4.90 Å². The van der Waals surface area contributed by atoms with Crippen molar-refractivity contribution < 1.29 is 0 Å². The van der Waals surface area contributed by atoms with E-state index in [1.807, 2.05) is 0 Å². The van der Waals surface area contributed by atoms with Crippen molar-refractivity contribution in [2.24, 2.45) is 5.92 Å². The molecule has 1 aliphatic heterocycles. The van der Waals surface area contributed by atoms with E-state index < -0.39 is 0 Å². The summed E-state index contributed by atoms with van der Waals surface area (Å²) in [5.41, 5.74) is 2.12. The van der Waals surface area contributed by atoms with E-state index in [0.29, 0.717) is 5.41 Å². The van der Waals surface area contributed by atoms with E-state index in [0.717, 1.165) is 5.92 Å². The van der Waals surface area contributed by atoms with Crippen LogP contribution in [0.2, 0.25) is 0 Å². The molecule has 2 fully saturated rings. The number of rotatable bonds is 6. The highest BCUT2D eigenvalue weighted by molar-refractivity contribution is 5.29. The summed E-state index contributed by atoms with van der Waals surface area (Å²) in [7, 11) is 0. The van der Waals surface area contributed by atoms with Crippen LogP contribution in [0.3, 0.4) is 0 Å². The van der Waals surface area contributed by atoms with Crippen molar-refractivity contribution in [3.63, 3.8) is 0 Å². The number of nitrogens with zero attached hydrogens (tertiary/aromatic N) is 1. The van der Waals surface area contributed by atoms with Crippen LogP contribution in [0.15, 0.2) is 42.5 Å². The zero-order valence-corrected chi connectivity index (χ0v) is 14.1. The summed E-state index contributed by atoms with van der Waals surface area (Å²) in [6.07, 6.45) is 14.1. The Balaban J connectivity index is 1.57. The van der Waals surface area contributed by atoms with E-state index in [-0.39, 0.29) is 0 Å². The molecular formula is C21H31N. The number of hydrogen-bond donors (Lipinski definition) is 0. The van der Waals surface area contributed by atoms with Crippen LogP contribution in [-0.2, 0) is 5.41 Å². The zero-order valence-electron chi connectivity index (χ0n) is 14.1. The normalized spacial score (nSPS) is 29.0. The first-order valence-electron chi connectivity index (χ1n) is 9.24. The predicted octanol–water partition coefficient (Wildman–Crippen LogP) is 5.18. The van der Waals surface area contributed by atoms with Gasteiger partial charge in [0.2, 0.25) is 0 Å². The Bertz CT molecular complexity index is 478. The van der Waals surface area contributed by atoms with Gasteiger partial charge in [0.1, 0.15) is 0 Å². The Hall–Kier alpha value is -1.08. The van der Waals surface area contributed by atoms with Crippen molar-refractivity contribution in [2.45, 2.75) is 57.3 Å². The van der Waals surface area contributed by atoms with Crippen LogP contribution in [0.1, 0.15) is 57.4 Å². The fourth-order valence-corrected chi connectivity index (χ4v) is 4.76. The maximum Gasteiger partial charge on any atom is 0.00182 e. The van der Waals surface area contributed by atoms with E-state index >= 15 is 0 Å². The number of hydrogen-bond acceptors (Lipinski definition) is 1. The minimum absolute atomic E-state index is 0.503. The smallest absolute Gasteiger partial charge is 0.00182 e. The second kappa shape index (κ2) is 7.46. The average molecular weight is 297 g/mol. The van der Waals surface area contributed by atoms with Crippen LogP contribution in [-0.4, -0.2) is 24.5 Å². The summed E-state index contributed by atoms with van der Waals surface area (Å²) in [5.74, 6) is 0.888. The molecule has 1 aromatic carbocycles. The number of allylic oxidation sites excluding steroid dienone is 2. The molecule has 0 radical (unpaired) electrons. The van der Waals surface area contributed by atoms with Crippen LogP contribution < -0.4 is 0 Å². The number of fused-ring (bicyclic) bond motifs is 1. The minimum atomic E-state index is 0.503. The van der Waals surface area contributed by atoms with Crippen LogP contribution in [0.4, 0.5) is 0 Å². The molecule has 120 valence electrons. The van der Waals surface area contributed by atoms with Gasteiger partial charge in [-0.1, -0.05) is 48.9 Å². The van der Waals surface area contributed by atoms with E-state index in [2.05, 4.69) is 54.3 Å². The third-order valence-corrected chi connectivity index (χ3v) is 5.99. The van der Waals surface area contributed by atoms with Gasteiger partial charge in [0.15, 0.2) is 0 Å². The molecule has 0 N–H and O–H groups in total. The first kappa shape index (κ1) is 15.8.